The molecule has 0 aliphatic heterocycles. The van der Waals surface area contributed by atoms with Crippen molar-refractivity contribution in [2.24, 2.45) is 0 Å². The molecule has 0 fully saturated rings. The van der Waals surface area contributed by atoms with E-state index in [1.54, 1.807) is 57.2 Å². The maximum atomic E-state index is 13.0. The average Bonchev–Trinajstić information content (AvgIpc) is 2.78. The summed E-state index contributed by atoms with van der Waals surface area (Å²) in [6.45, 7) is 6.58. The van der Waals surface area contributed by atoms with Gasteiger partial charge >= 0.3 is 0 Å². The van der Waals surface area contributed by atoms with E-state index < -0.39 is 10.0 Å². The van der Waals surface area contributed by atoms with Gasteiger partial charge in [-0.05, 0) is 55.8 Å². The fourth-order valence-corrected chi connectivity index (χ4v) is 4.88. The van der Waals surface area contributed by atoms with Crippen LogP contribution in [0.4, 0.5) is 5.69 Å². The molecule has 0 heterocycles. The Balaban J connectivity index is 1.98. The van der Waals surface area contributed by atoms with Crippen LogP contribution < -0.4 is 15.4 Å². The van der Waals surface area contributed by atoms with Gasteiger partial charge in [-0.25, -0.2) is 8.42 Å². The van der Waals surface area contributed by atoms with Crippen LogP contribution in [0, 0.1) is 0 Å². The first-order chi connectivity index (χ1) is 15.7. The Bertz CT molecular complexity index is 1050. The van der Waals surface area contributed by atoms with Crippen molar-refractivity contribution in [3.63, 3.8) is 0 Å². The van der Waals surface area contributed by atoms with Crippen molar-refractivity contribution >= 4 is 39.1 Å². The Labute approximate surface area is 200 Å². The van der Waals surface area contributed by atoms with E-state index in [0.29, 0.717) is 48.9 Å². The molecular formula is C23H30ClN3O5S. The predicted octanol–water partition coefficient (Wildman–Crippen LogP) is 3.92. The van der Waals surface area contributed by atoms with Crippen LogP contribution in [-0.2, 0) is 14.8 Å². The molecule has 0 atom stereocenters. The third-order valence-electron chi connectivity index (χ3n) is 4.82. The molecule has 10 heteroatoms. The number of hydrogen-bond donors (Lipinski definition) is 2. The molecule has 0 aliphatic carbocycles. The number of benzene rings is 2. The first-order valence-corrected chi connectivity index (χ1v) is 12.6. The number of anilines is 1. The van der Waals surface area contributed by atoms with Gasteiger partial charge in [0.2, 0.25) is 15.9 Å². The molecule has 2 rings (SSSR count). The smallest absolute Gasteiger partial charge is 0.251 e. The van der Waals surface area contributed by atoms with Crippen molar-refractivity contribution in [2.45, 2.75) is 38.5 Å². The monoisotopic (exact) mass is 495 g/mol. The van der Waals surface area contributed by atoms with E-state index in [1.165, 1.54) is 10.4 Å². The molecular weight excluding hydrogens is 466 g/mol. The molecule has 8 nitrogen and oxygen atoms in total. The summed E-state index contributed by atoms with van der Waals surface area (Å²) >= 11 is 5.81. The largest absolute Gasteiger partial charge is 0.492 e. The third-order valence-corrected chi connectivity index (χ3v) is 7.15. The summed E-state index contributed by atoms with van der Waals surface area (Å²) in [5, 5.41) is 6.02. The topological polar surface area (TPSA) is 105 Å². The van der Waals surface area contributed by atoms with Gasteiger partial charge in [0, 0.05) is 42.3 Å². The zero-order chi connectivity index (χ0) is 24.4. The second kappa shape index (κ2) is 12.6. The van der Waals surface area contributed by atoms with Crippen LogP contribution in [0.25, 0.3) is 0 Å². The summed E-state index contributed by atoms with van der Waals surface area (Å²) in [6, 6.07) is 11.1. The number of amides is 2. The molecule has 2 aromatic carbocycles. The Morgan fingerprint density at radius 3 is 2.30 bits per heavy atom. The lowest BCUT2D eigenvalue weighted by atomic mass is 10.2. The van der Waals surface area contributed by atoms with E-state index >= 15 is 0 Å². The summed E-state index contributed by atoms with van der Waals surface area (Å²) in [4.78, 5) is 24.5. The Morgan fingerprint density at radius 1 is 1.03 bits per heavy atom. The first kappa shape index (κ1) is 26.6. The standard InChI is InChI=1S/C23H30ClN3O5S/c1-4-27(5-2)33(30,31)21-16-19(13-14-20(21)32-6-3)26-22(28)8-7-15-25-23(29)17-9-11-18(24)12-10-17/h9-14,16H,4-8,15H2,1-3H3,(H,25,29)(H,26,28). The number of rotatable bonds is 12. The molecule has 0 aliphatic rings. The zero-order valence-electron chi connectivity index (χ0n) is 19.1. The number of ether oxygens (including phenoxy) is 1. The lowest BCUT2D eigenvalue weighted by Gasteiger charge is -2.21. The number of nitrogens with one attached hydrogen (secondary N) is 2. The van der Waals surface area contributed by atoms with Gasteiger partial charge < -0.3 is 15.4 Å². The minimum absolute atomic E-state index is 0.0149. The molecule has 0 saturated carbocycles. The van der Waals surface area contributed by atoms with Crippen LogP contribution >= 0.6 is 11.6 Å². The maximum absolute atomic E-state index is 13.0. The van der Waals surface area contributed by atoms with Crippen molar-refractivity contribution in [1.29, 1.82) is 0 Å². The number of nitrogens with zero attached hydrogens (tertiary/aromatic N) is 1. The molecule has 0 bridgehead atoms. The van der Waals surface area contributed by atoms with E-state index in [-0.39, 0.29) is 28.9 Å². The van der Waals surface area contributed by atoms with Crippen LogP contribution in [0.1, 0.15) is 44.0 Å². The maximum Gasteiger partial charge on any atom is 0.251 e. The molecule has 0 spiro atoms. The van der Waals surface area contributed by atoms with Gasteiger partial charge in [-0.15, -0.1) is 0 Å². The van der Waals surface area contributed by atoms with E-state index in [2.05, 4.69) is 10.6 Å². The van der Waals surface area contributed by atoms with Crippen LogP contribution in [-0.4, -0.2) is 50.8 Å². The zero-order valence-corrected chi connectivity index (χ0v) is 20.6. The molecule has 2 aromatic rings. The van der Waals surface area contributed by atoms with Crippen molar-refractivity contribution in [2.75, 3.05) is 31.6 Å². The van der Waals surface area contributed by atoms with Gasteiger partial charge in [-0.2, -0.15) is 4.31 Å². The van der Waals surface area contributed by atoms with Gasteiger partial charge in [0.25, 0.3) is 5.91 Å². The Morgan fingerprint density at radius 2 is 1.70 bits per heavy atom. The lowest BCUT2D eigenvalue weighted by molar-refractivity contribution is -0.116. The SMILES string of the molecule is CCOc1ccc(NC(=O)CCCNC(=O)c2ccc(Cl)cc2)cc1S(=O)(=O)N(CC)CC. The number of carbonyl (C=O) groups is 2. The summed E-state index contributed by atoms with van der Waals surface area (Å²) in [5.41, 5.74) is 0.847. The normalized spacial score (nSPS) is 11.3. The van der Waals surface area contributed by atoms with Crippen molar-refractivity contribution in [3.8, 4) is 5.75 Å². The highest BCUT2D eigenvalue weighted by atomic mass is 35.5. The number of halogens is 1. The molecule has 0 saturated heterocycles. The lowest BCUT2D eigenvalue weighted by Crippen LogP contribution is -2.31. The minimum Gasteiger partial charge on any atom is -0.492 e. The summed E-state index contributed by atoms with van der Waals surface area (Å²) < 4.78 is 32.9. The van der Waals surface area contributed by atoms with Crippen LogP contribution in [0.15, 0.2) is 47.4 Å². The van der Waals surface area contributed by atoms with E-state index in [0.717, 1.165) is 0 Å². The van der Waals surface area contributed by atoms with Crippen LogP contribution in [0.5, 0.6) is 5.75 Å². The molecule has 33 heavy (non-hydrogen) atoms. The number of sulfonamides is 1. The predicted molar refractivity (Wildman–Crippen MR) is 129 cm³/mol. The van der Waals surface area contributed by atoms with Gasteiger partial charge in [-0.3, -0.25) is 9.59 Å². The van der Waals surface area contributed by atoms with Crippen LogP contribution in [0.3, 0.4) is 0 Å². The quantitative estimate of drug-likeness (QED) is 0.434. The molecule has 0 radical (unpaired) electrons. The highest BCUT2D eigenvalue weighted by Crippen LogP contribution is 2.30. The molecule has 0 unspecified atom stereocenters. The number of carbonyl (C=O) groups excluding carboxylic acids is 2. The molecule has 0 aromatic heterocycles. The fourth-order valence-electron chi connectivity index (χ4n) is 3.14. The Hall–Kier alpha value is -2.62. The van der Waals surface area contributed by atoms with Gasteiger partial charge in [-0.1, -0.05) is 25.4 Å². The van der Waals surface area contributed by atoms with Gasteiger partial charge in [0.15, 0.2) is 0 Å². The molecule has 180 valence electrons. The summed E-state index contributed by atoms with van der Waals surface area (Å²) in [6.07, 6.45) is 0.582. The van der Waals surface area contributed by atoms with Gasteiger partial charge in [0.05, 0.1) is 6.61 Å². The number of hydrogen-bond acceptors (Lipinski definition) is 5. The fraction of sp³-hybridized carbons (Fsp3) is 0.391. The second-order valence-corrected chi connectivity index (χ2v) is 9.44. The average molecular weight is 496 g/mol. The second-order valence-electron chi connectivity index (χ2n) is 7.10. The Kier molecular flexibility index (Phi) is 10.1. The van der Waals surface area contributed by atoms with E-state index in [4.69, 9.17) is 16.3 Å². The van der Waals surface area contributed by atoms with Gasteiger partial charge in [0.1, 0.15) is 10.6 Å². The third kappa shape index (κ3) is 7.45. The highest BCUT2D eigenvalue weighted by molar-refractivity contribution is 7.89. The summed E-state index contributed by atoms with van der Waals surface area (Å²) in [5.74, 6) is -0.289. The van der Waals surface area contributed by atoms with E-state index in [9.17, 15) is 18.0 Å². The molecule has 2 N–H and O–H groups in total. The van der Waals surface area contributed by atoms with E-state index in [1.807, 2.05) is 0 Å². The highest BCUT2D eigenvalue weighted by Gasteiger charge is 2.26. The van der Waals surface area contributed by atoms with Crippen molar-refractivity contribution < 1.29 is 22.7 Å². The first-order valence-electron chi connectivity index (χ1n) is 10.8. The molecule has 2 amide bonds. The van der Waals surface area contributed by atoms with Crippen molar-refractivity contribution in [1.82, 2.24) is 9.62 Å². The van der Waals surface area contributed by atoms with Crippen molar-refractivity contribution in [3.05, 3.63) is 53.1 Å². The van der Waals surface area contributed by atoms with Crippen LogP contribution in [0.2, 0.25) is 5.02 Å². The minimum atomic E-state index is -3.77. The summed E-state index contributed by atoms with van der Waals surface area (Å²) in [7, 11) is -3.77.